The van der Waals surface area contributed by atoms with Crippen LogP contribution in [0.1, 0.15) is 31.9 Å². The summed E-state index contributed by atoms with van der Waals surface area (Å²) in [5.74, 6) is -0.00435. The topological polar surface area (TPSA) is 34.1 Å². The highest BCUT2D eigenvalue weighted by molar-refractivity contribution is 7.91. The molecule has 0 heterocycles. The maximum atomic E-state index is 12.0. The van der Waals surface area contributed by atoms with Gasteiger partial charge in [-0.05, 0) is 44.9 Å². The highest BCUT2D eigenvalue weighted by atomic mass is 35.5. The summed E-state index contributed by atoms with van der Waals surface area (Å²) in [6, 6.07) is 5.44. The molecular weight excluding hydrogens is 244 g/mol. The molecule has 0 aliphatic rings. The molecule has 0 atom stereocenters. The minimum atomic E-state index is -3.17. The van der Waals surface area contributed by atoms with Gasteiger partial charge in [0.1, 0.15) is 0 Å². The molecule has 1 rings (SSSR count). The van der Waals surface area contributed by atoms with E-state index in [1.807, 2.05) is 13.0 Å². The van der Waals surface area contributed by atoms with Gasteiger partial charge in [0.05, 0.1) is 10.5 Å². The molecule has 1 aromatic carbocycles. The summed E-state index contributed by atoms with van der Waals surface area (Å²) in [6.07, 6.45) is 0. The first kappa shape index (κ1) is 13.5. The molecule has 0 saturated carbocycles. The molecule has 0 N–H and O–H groups in total. The van der Waals surface area contributed by atoms with Crippen LogP contribution in [0.2, 0.25) is 5.02 Å². The Bertz CT molecular complexity index is 484. The van der Waals surface area contributed by atoms with Gasteiger partial charge < -0.3 is 0 Å². The SMILES string of the molecule is Cc1ccc(CS(=O)(=O)C(C)(C)C)c(Cl)c1. The van der Waals surface area contributed by atoms with E-state index in [0.29, 0.717) is 10.6 Å². The first-order valence-electron chi connectivity index (χ1n) is 5.11. The van der Waals surface area contributed by atoms with Gasteiger partial charge in [0, 0.05) is 5.02 Å². The highest BCUT2D eigenvalue weighted by Crippen LogP contribution is 2.25. The fraction of sp³-hybridized carbons (Fsp3) is 0.500. The Morgan fingerprint density at radius 1 is 1.25 bits per heavy atom. The van der Waals surface area contributed by atoms with Crippen LogP contribution in [0.5, 0.6) is 0 Å². The predicted molar refractivity (Wildman–Crippen MR) is 68.6 cm³/mol. The van der Waals surface area contributed by atoms with Gasteiger partial charge in [-0.1, -0.05) is 23.7 Å². The Labute approximate surface area is 103 Å². The fourth-order valence-electron chi connectivity index (χ4n) is 1.19. The van der Waals surface area contributed by atoms with Crippen molar-refractivity contribution in [2.45, 2.75) is 38.2 Å². The Morgan fingerprint density at radius 2 is 1.81 bits per heavy atom. The van der Waals surface area contributed by atoms with E-state index in [1.54, 1.807) is 32.9 Å². The summed E-state index contributed by atoms with van der Waals surface area (Å²) >= 11 is 6.02. The van der Waals surface area contributed by atoms with Gasteiger partial charge in [-0.2, -0.15) is 0 Å². The van der Waals surface area contributed by atoms with Gasteiger partial charge in [-0.15, -0.1) is 0 Å². The lowest BCUT2D eigenvalue weighted by Crippen LogP contribution is -2.29. The summed E-state index contributed by atoms with van der Waals surface area (Å²) in [5, 5.41) is 0.521. The maximum absolute atomic E-state index is 12.0. The van der Waals surface area contributed by atoms with Crippen molar-refractivity contribution in [3.8, 4) is 0 Å². The van der Waals surface area contributed by atoms with E-state index >= 15 is 0 Å². The van der Waals surface area contributed by atoms with Crippen LogP contribution in [0.3, 0.4) is 0 Å². The zero-order valence-electron chi connectivity index (χ0n) is 10.0. The van der Waals surface area contributed by atoms with Crippen LogP contribution < -0.4 is 0 Å². The van der Waals surface area contributed by atoms with Crippen LogP contribution in [-0.4, -0.2) is 13.2 Å². The molecule has 0 aliphatic carbocycles. The Hall–Kier alpha value is -0.540. The molecule has 0 aliphatic heterocycles. The first-order valence-corrected chi connectivity index (χ1v) is 7.14. The Balaban J connectivity index is 3.07. The minimum absolute atomic E-state index is 0.00435. The summed E-state index contributed by atoms with van der Waals surface area (Å²) in [4.78, 5) is 0. The van der Waals surface area contributed by atoms with E-state index in [-0.39, 0.29) is 5.75 Å². The average molecular weight is 261 g/mol. The number of hydrogen-bond acceptors (Lipinski definition) is 2. The van der Waals surface area contributed by atoms with Crippen LogP contribution >= 0.6 is 11.6 Å². The van der Waals surface area contributed by atoms with E-state index in [2.05, 4.69) is 0 Å². The number of sulfone groups is 1. The van der Waals surface area contributed by atoms with Crippen molar-refractivity contribution in [2.24, 2.45) is 0 Å². The zero-order valence-corrected chi connectivity index (χ0v) is 11.6. The molecule has 90 valence electrons. The molecule has 0 radical (unpaired) electrons. The summed E-state index contributed by atoms with van der Waals surface area (Å²) < 4.78 is 23.3. The molecule has 1 aromatic rings. The van der Waals surface area contributed by atoms with E-state index in [4.69, 9.17) is 11.6 Å². The largest absolute Gasteiger partial charge is 0.228 e. The van der Waals surface area contributed by atoms with E-state index in [0.717, 1.165) is 5.56 Å². The van der Waals surface area contributed by atoms with Crippen LogP contribution in [0.4, 0.5) is 0 Å². The van der Waals surface area contributed by atoms with Crippen molar-refractivity contribution in [2.75, 3.05) is 0 Å². The predicted octanol–water partition coefficient (Wildman–Crippen LogP) is 3.36. The number of rotatable bonds is 2. The summed E-state index contributed by atoms with van der Waals surface area (Å²) in [6.45, 7) is 7.02. The quantitative estimate of drug-likeness (QED) is 0.817. The van der Waals surface area contributed by atoms with Crippen molar-refractivity contribution in [1.29, 1.82) is 0 Å². The third kappa shape index (κ3) is 2.98. The molecule has 0 saturated heterocycles. The van der Waals surface area contributed by atoms with Gasteiger partial charge >= 0.3 is 0 Å². The third-order valence-electron chi connectivity index (χ3n) is 2.49. The van der Waals surface area contributed by atoms with Gasteiger partial charge in [-0.3, -0.25) is 0 Å². The second-order valence-corrected chi connectivity index (χ2v) is 8.12. The van der Waals surface area contributed by atoms with Gasteiger partial charge in [-0.25, -0.2) is 8.42 Å². The first-order chi connectivity index (χ1) is 7.13. The standard InChI is InChI=1S/C12H17ClO2S/c1-9-5-6-10(11(13)7-9)8-16(14,15)12(2,3)4/h5-7H,8H2,1-4H3. The fourth-order valence-corrected chi connectivity index (χ4v) is 2.67. The Kier molecular flexibility index (Phi) is 3.70. The maximum Gasteiger partial charge on any atom is 0.159 e. The van der Waals surface area contributed by atoms with Gasteiger partial charge in [0.25, 0.3) is 0 Å². The van der Waals surface area contributed by atoms with E-state index in [1.165, 1.54) is 0 Å². The van der Waals surface area contributed by atoms with Crippen LogP contribution in [-0.2, 0) is 15.6 Å². The van der Waals surface area contributed by atoms with Crippen molar-refractivity contribution in [3.63, 3.8) is 0 Å². The molecule has 0 bridgehead atoms. The average Bonchev–Trinajstić information content (AvgIpc) is 2.08. The second-order valence-electron chi connectivity index (χ2n) is 4.97. The van der Waals surface area contributed by atoms with Crippen molar-refractivity contribution >= 4 is 21.4 Å². The molecular formula is C12H17ClO2S. The lowest BCUT2D eigenvalue weighted by molar-refractivity contribution is 0.559. The normalized spacial score (nSPS) is 12.8. The van der Waals surface area contributed by atoms with Gasteiger partial charge in [0.2, 0.25) is 0 Å². The smallest absolute Gasteiger partial charge is 0.159 e. The lowest BCUT2D eigenvalue weighted by Gasteiger charge is -2.19. The second kappa shape index (κ2) is 4.38. The summed E-state index contributed by atoms with van der Waals surface area (Å²) in [7, 11) is -3.17. The van der Waals surface area contributed by atoms with Gasteiger partial charge in [0.15, 0.2) is 9.84 Å². The number of benzene rings is 1. The molecule has 16 heavy (non-hydrogen) atoms. The zero-order chi connectivity index (χ0) is 12.6. The number of hydrogen-bond donors (Lipinski definition) is 0. The molecule has 0 fully saturated rings. The van der Waals surface area contributed by atoms with Crippen LogP contribution in [0.15, 0.2) is 18.2 Å². The highest BCUT2D eigenvalue weighted by Gasteiger charge is 2.29. The minimum Gasteiger partial charge on any atom is -0.228 e. The van der Waals surface area contributed by atoms with E-state index < -0.39 is 14.6 Å². The lowest BCUT2D eigenvalue weighted by atomic mass is 10.2. The van der Waals surface area contributed by atoms with E-state index in [9.17, 15) is 8.42 Å². The molecule has 2 nitrogen and oxygen atoms in total. The van der Waals surface area contributed by atoms with Crippen LogP contribution in [0, 0.1) is 6.92 Å². The molecule has 0 aromatic heterocycles. The van der Waals surface area contributed by atoms with Crippen LogP contribution in [0.25, 0.3) is 0 Å². The third-order valence-corrected chi connectivity index (χ3v) is 5.40. The van der Waals surface area contributed by atoms with Crippen molar-refractivity contribution < 1.29 is 8.42 Å². The number of halogens is 1. The molecule has 0 spiro atoms. The summed E-state index contributed by atoms with van der Waals surface area (Å²) in [5.41, 5.74) is 1.70. The molecule has 0 amide bonds. The Morgan fingerprint density at radius 3 is 2.25 bits per heavy atom. The number of aryl methyl sites for hydroxylation is 1. The molecule has 4 heteroatoms. The molecule has 0 unspecified atom stereocenters. The van der Waals surface area contributed by atoms with Crippen molar-refractivity contribution in [1.82, 2.24) is 0 Å². The van der Waals surface area contributed by atoms with Crippen molar-refractivity contribution in [3.05, 3.63) is 34.3 Å². The monoisotopic (exact) mass is 260 g/mol.